The van der Waals surface area contributed by atoms with Gasteiger partial charge in [-0.05, 0) is 86.3 Å². The number of ether oxygens (including phenoxy) is 3. The smallest absolute Gasteiger partial charge is 0.408 e. The van der Waals surface area contributed by atoms with E-state index in [9.17, 15) is 13.2 Å². The first-order valence-electron chi connectivity index (χ1n) is 16.1. The molecule has 2 N–H and O–H groups in total. The van der Waals surface area contributed by atoms with E-state index in [0.29, 0.717) is 35.8 Å². The van der Waals surface area contributed by atoms with Crippen molar-refractivity contribution in [2.75, 3.05) is 0 Å². The maximum atomic E-state index is 14.0. The van der Waals surface area contributed by atoms with Crippen LogP contribution < -0.4 is 19.5 Å². The highest BCUT2D eigenvalue weighted by Crippen LogP contribution is 2.34. The second-order valence-corrected chi connectivity index (χ2v) is 14.4. The largest absolute Gasteiger partial charge is 0.489 e. The van der Waals surface area contributed by atoms with Gasteiger partial charge in [0.2, 0.25) is 10.0 Å². The predicted octanol–water partition coefficient (Wildman–Crippen LogP) is 8.44. The molecule has 0 aliphatic heterocycles. The number of amides is 1. The molecule has 0 spiro atoms. The minimum absolute atomic E-state index is 0.0931. The Kier molecular flexibility index (Phi) is 11.4. The van der Waals surface area contributed by atoms with Gasteiger partial charge in [0, 0.05) is 0 Å². The van der Waals surface area contributed by atoms with Gasteiger partial charge in [-0.1, -0.05) is 103 Å². The molecule has 0 heterocycles. The van der Waals surface area contributed by atoms with Crippen molar-refractivity contribution in [3.63, 3.8) is 0 Å². The highest BCUT2D eigenvalue weighted by Gasteiger charge is 2.33. The van der Waals surface area contributed by atoms with E-state index < -0.39 is 33.8 Å². The second-order valence-electron chi connectivity index (χ2n) is 12.7. The van der Waals surface area contributed by atoms with Gasteiger partial charge < -0.3 is 19.5 Å². The van der Waals surface area contributed by atoms with Gasteiger partial charge in [0.25, 0.3) is 0 Å². The van der Waals surface area contributed by atoms with Gasteiger partial charge in [-0.3, -0.25) is 0 Å². The van der Waals surface area contributed by atoms with E-state index >= 15 is 0 Å². The number of hydrogen-bond acceptors (Lipinski definition) is 6. The van der Waals surface area contributed by atoms with Crippen LogP contribution in [-0.4, -0.2) is 20.1 Å². The summed E-state index contributed by atoms with van der Waals surface area (Å²) in [5.41, 5.74) is 3.28. The van der Waals surface area contributed by atoms with Crippen LogP contribution >= 0.6 is 0 Å². The summed E-state index contributed by atoms with van der Waals surface area (Å²) in [4.78, 5) is 13.5. The summed E-state index contributed by atoms with van der Waals surface area (Å²) in [6, 6.07) is 38.6. The van der Waals surface area contributed by atoms with Crippen LogP contribution in [0.15, 0.2) is 138 Å². The topological polar surface area (TPSA) is 103 Å². The molecular formula is C40H42N2O6S. The van der Waals surface area contributed by atoms with E-state index in [-0.39, 0.29) is 4.90 Å². The normalized spacial score (nSPS) is 12.8. The minimum atomic E-state index is -4.09. The van der Waals surface area contributed by atoms with Gasteiger partial charge in [-0.2, -0.15) is 0 Å². The number of nitrogens with one attached hydrogen (secondary N) is 2. The molecule has 8 nitrogen and oxygen atoms in total. The van der Waals surface area contributed by atoms with Crippen molar-refractivity contribution < 1.29 is 27.4 Å². The van der Waals surface area contributed by atoms with Crippen molar-refractivity contribution in [1.82, 2.24) is 10.0 Å². The van der Waals surface area contributed by atoms with E-state index in [1.54, 1.807) is 69.3 Å². The molecule has 5 rings (SSSR count). The number of carbonyl (C=O) groups excluding carboxylic acids is 1. The van der Waals surface area contributed by atoms with Crippen LogP contribution in [0.25, 0.3) is 0 Å². The molecule has 0 aliphatic carbocycles. The molecule has 2 unspecified atom stereocenters. The van der Waals surface area contributed by atoms with Crippen LogP contribution in [-0.2, 0) is 28.0 Å². The third kappa shape index (κ3) is 10.4. The number of sulfonamides is 1. The molecule has 0 bridgehead atoms. The van der Waals surface area contributed by atoms with Gasteiger partial charge in [-0.25, -0.2) is 17.9 Å². The molecule has 5 aromatic carbocycles. The van der Waals surface area contributed by atoms with Crippen LogP contribution in [0.1, 0.15) is 60.7 Å². The minimum Gasteiger partial charge on any atom is -0.489 e. The number of carbonyl (C=O) groups is 1. The second kappa shape index (κ2) is 15.9. The molecular weight excluding hydrogens is 637 g/mol. The lowest BCUT2D eigenvalue weighted by Gasteiger charge is -2.31. The molecule has 0 fully saturated rings. The number of benzene rings is 5. The first kappa shape index (κ1) is 35.2. The highest BCUT2D eigenvalue weighted by molar-refractivity contribution is 7.89. The van der Waals surface area contributed by atoms with Gasteiger partial charge in [0.15, 0.2) is 0 Å². The Balaban J connectivity index is 1.55. The van der Waals surface area contributed by atoms with E-state index in [4.69, 9.17) is 14.2 Å². The quantitative estimate of drug-likeness (QED) is 0.130. The zero-order valence-corrected chi connectivity index (χ0v) is 28.9. The number of aryl methyl sites for hydroxylation is 1. The third-order valence-electron chi connectivity index (χ3n) is 7.55. The molecule has 0 saturated carbocycles. The van der Waals surface area contributed by atoms with Crippen molar-refractivity contribution >= 4 is 16.1 Å². The maximum Gasteiger partial charge on any atom is 0.408 e. The predicted molar refractivity (Wildman–Crippen MR) is 191 cm³/mol. The number of alkyl carbamates (subject to hydrolysis) is 1. The first-order chi connectivity index (χ1) is 23.4. The molecule has 254 valence electrons. The fraction of sp³-hybridized carbons (Fsp3) is 0.225. The summed E-state index contributed by atoms with van der Waals surface area (Å²) in [5, 5.41) is 2.97. The van der Waals surface area contributed by atoms with Crippen molar-refractivity contribution in [2.24, 2.45) is 0 Å². The Labute approximate surface area is 289 Å². The summed E-state index contributed by atoms with van der Waals surface area (Å²) in [6.45, 7) is 7.85. The van der Waals surface area contributed by atoms with Crippen LogP contribution in [0.3, 0.4) is 0 Å². The molecule has 0 aliphatic rings. The summed E-state index contributed by atoms with van der Waals surface area (Å²) in [6.07, 6.45) is -0.705. The SMILES string of the molecule is Cc1ccc(S(=O)(=O)NC(c2cccc(OCc3ccccc3)c2)C(NC(=O)OC(C)(C)C)c2cccc(OCc3ccccc3)c2)cc1. The Morgan fingerprint density at radius 3 is 1.63 bits per heavy atom. The van der Waals surface area contributed by atoms with Crippen LogP contribution in [0.4, 0.5) is 4.79 Å². The molecule has 49 heavy (non-hydrogen) atoms. The fourth-order valence-electron chi connectivity index (χ4n) is 5.15. The third-order valence-corrected chi connectivity index (χ3v) is 9.01. The monoisotopic (exact) mass is 678 g/mol. The van der Waals surface area contributed by atoms with Crippen molar-refractivity contribution in [3.8, 4) is 11.5 Å². The van der Waals surface area contributed by atoms with Crippen LogP contribution in [0.2, 0.25) is 0 Å². The lowest BCUT2D eigenvalue weighted by molar-refractivity contribution is 0.0493. The summed E-state index contributed by atoms with van der Waals surface area (Å²) >= 11 is 0. The molecule has 0 radical (unpaired) electrons. The summed E-state index contributed by atoms with van der Waals surface area (Å²) in [7, 11) is -4.09. The highest BCUT2D eigenvalue weighted by atomic mass is 32.2. The van der Waals surface area contributed by atoms with Gasteiger partial charge in [0.05, 0.1) is 17.0 Å². The molecule has 2 atom stereocenters. The van der Waals surface area contributed by atoms with E-state index in [1.807, 2.05) is 91.9 Å². The number of hydrogen-bond donors (Lipinski definition) is 2. The Morgan fingerprint density at radius 2 is 1.14 bits per heavy atom. The molecule has 1 amide bonds. The zero-order valence-electron chi connectivity index (χ0n) is 28.1. The summed E-state index contributed by atoms with van der Waals surface area (Å²) < 4.78 is 48.8. The van der Waals surface area contributed by atoms with Crippen LogP contribution in [0, 0.1) is 6.92 Å². The van der Waals surface area contributed by atoms with Crippen LogP contribution in [0.5, 0.6) is 11.5 Å². The Morgan fingerprint density at radius 1 is 0.653 bits per heavy atom. The Bertz CT molecular complexity index is 1930. The Hall–Kier alpha value is -5.12. The lowest BCUT2D eigenvalue weighted by atomic mass is 9.93. The molecule has 0 aromatic heterocycles. The van der Waals surface area contributed by atoms with Crippen molar-refractivity contribution in [2.45, 2.75) is 63.5 Å². The average molecular weight is 679 g/mol. The van der Waals surface area contributed by atoms with E-state index in [0.717, 1.165) is 16.7 Å². The molecule has 5 aromatic rings. The first-order valence-corrected chi connectivity index (χ1v) is 17.6. The maximum absolute atomic E-state index is 14.0. The average Bonchev–Trinajstić information content (AvgIpc) is 3.08. The lowest BCUT2D eigenvalue weighted by Crippen LogP contribution is -2.42. The van der Waals surface area contributed by atoms with E-state index in [1.165, 1.54) is 0 Å². The number of rotatable bonds is 13. The summed E-state index contributed by atoms with van der Waals surface area (Å²) in [5.74, 6) is 1.09. The van der Waals surface area contributed by atoms with Crippen molar-refractivity contribution in [3.05, 3.63) is 161 Å². The molecule has 0 saturated heterocycles. The van der Waals surface area contributed by atoms with Gasteiger partial charge in [0.1, 0.15) is 30.3 Å². The zero-order chi connectivity index (χ0) is 34.9. The standard InChI is InChI=1S/C40H42N2O6S/c1-29-21-23-36(24-22-29)49(44,45)42-38(33-18-12-20-35(26-33)47-28-31-15-9-6-10-16-31)37(41-39(43)48-40(2,3)4)32-17-11-19-34(25-32)46-27-30-13-7-5-8-14-30/h5-26,37-38,42H,27-28H2,1-4H3,(H,41,43). The molecule has 9 heteroatoms. The van der Waals surface area contributed by atoms with E-state index in [2.05, 4.69) is 10.0 Å². The van der Waals surface area contributed by atoms with Gasteiger partial charge in [-0.15, -0.1) is 0 Å². The van der Waals surface area contributed by atoms with Gasteiger partial charge >= 0.3 is 6.09 Å². The fourth-order valence-corrected chi connectivity index (χ4v) is 6.39. The van der Waals surface area contributed by atoms with Crippen molar-refractivity contribution in [1.29, 1.82) is 0 Å².